The molecule has 4 nitrogen and oxygen atoms in total. The fourth-order valence-electron chi connectivity index (χ4n) is 0.468. The van der Waals surface area contributed by atoms with Crippen molar-refractivity contribution in [1.29, 1.82) is 0 Å². The zero-order chi connectivity index (χ0) is 10.9. The monoisotopic (exact) mass is 182 g/mol. The predicted molar refractivity (Wildman–Crippen MR) is 54.0 cm³/mol. The summed E-state index contributed by atoms with van der Waals surface area (Å²) in [4.78, 5) is 13.1. The molecule has 0 aromatic carbocycles. The van der Waals surface area contributed by atoms with E-state index in [4.69, 9.17) is 6.42 Å². The number of allylic oxidation sites excluding steroid dienone is 1. The van der Waals surface area contributed by atoms with Crippen LogP contribution in [0.3, 0.4) is 0 Å². The first-order chi connectivity index (χ1) is 6.13. The molecule has 0 spiro atoms. The van der Waals surface area contributed by atoms with E-state index in [2.05, 4.69) is 10.9 Å². The molecule has 0 radical (unpaired) electrons. The summed E-state index contributed by atoms with van der Waals surface area (Å²) in [6.07, 6.45) is 6.29. The first kappa shape index (κ1) is 13.9. The first-order valence-electron chi connectivity index (χ1n) is 3.94. The van der Waals surface area contributed by atoms with Crippen molar-refractivity contribution < 1.29 is 4.92 Å². The van der Waals surface area contributed by atoms with Gasteiger partial charge in [0.25, 0.3) is 0 Å². The number of hydrogen-bond acceptors (Lipinski definition) is 3. The largest absolute Gasteiger partial charge is 0.374 e. The van der Waals surface area contributed by atoms with Crippen LogP contribution >= 0.6 is 0 Å². The number of aliphatic imine (C=N–C) groups is 1. The molecule has 4 heteroatoms. The minimum absolute atomic E-state index is 0.230. The lowest BCUT2D eigenvalue weighted by molar-refractivity contribution is -0.426. The van der Waals surface area contributed by atoms with Gasteiger partial charge in [0.05, 0.1) is 5.57 Å². The smallest absolute Gasteiger partial charge is 0.358 e. The first-order valence-corrected chi connectivity index (χ1v) is 3.94. The molecule has 0 saturated heterocycles. The average Bonchev–Trinajstić information content (AvgIpc) is 2.15. The molecule has 0 heterocycles. The minimum atomic E-state index is -0.602. The lowest BCUT2D eigenvalue weighted by Crippen LogP contribution is -1.98. The third kappa shape index (κ3) is 5.62. The molecule has 0 saturated carbocycles. The van der Waals surface area contributed by atoms with Crippen molar-refractivity contribution in [3.63, 3.8) is 0 Å². The Kier molecular flexibility index (Phi) is 9.07. The van der Waals surface area contributed by atoms with E-state index in [9.17, 15) is 10.1 Å². The van der Waals surface area contributed by atoms with Crippen LogP contribution < -0.4 is 0 Å². The van der Waals surface area contributed by atoms with Gasteiger partial charge in [-0.3, -0.25) is 0 Å². The van der Waals surface area contributed by atoms with Gasteiger partial charge >= 0.3 is 5.82 Å². The zero-order valence-corrected chi connectivity index (χ0v) is 8.37. The molecule has 0 rings (SSSR count). The van der Waals surface area contributed by atoms with Gasteiger partial charge in [0.1, 0.15) is 6.21 Å². The van der Waals surface area contributed by atoms with E-state index < -0.39 is 4.92 Å². The molecular formula is C9H14N2O2. The molecule has 0 aromatic heterocycles. The predicted octanol–water partition coefficient (Wildman–Crippen LogP) is 2.24. The highest BCUT2D eigenvalue weighted by molar-refractivity contribution is 5.55. The average molecular weight is 182 g/mol. The Morgan fingerprint density at radius 3 is 2.31 bits per heavy atom. The molecule has 72 valence electrons. The summed E-state index contributed by atoms with van der Waals surface area (Å²) in [5.74, 6) is 1.89. The molecule has 0 aliphatic heterocycles. The Bertz CT molecular complexity index is 259. The van der Waals surface area contributed by atoms with Gasteiger partial charge in [-0.25, -0.2) is 0 Å². The fraction of sp³-hybridized carbons (Fsp3) is 0.444. The minimum Gasteiger partial charge on any atom is -0.358 e. The second kappa shape index (κ2) is 8.47. The molecule has 0 aliphatic carbocycles. The van der Waals surface area contributed by atoms with Crippen molar-refractivity contribution in [2.24, 2.45) is 4.99 Å². The summed E-state index contributed by atoms with van der Waals surface area (Å²) in [7, 11) is 0. The van der Waals surface area contributed by atoms with E-state index >= 15 is 0 Å². The second-order valence-corrected chi connectivity index (χ2v) is 1.74. The van der Waals surface area contributed by atoms with E-state index in [1.165, 1.54) is 13.1 Å². The molecule has 0 amide bonds. The molecule has 0 fully saturated rings. The van der Waals surface area contributed by atoms with Crippen LogP contribution in [0.15, 0.2) is 16.4 Å². The van der Waals surface area contributed by atoms with Crippen molar-refractivity contribution in [3.8, 4) is 12.3 Å². The quantitative estimate of drug-likeness (QED) is 0.284. The number of rotatable bonds is 2. The highest BCUT2D eigenvalue weighted by atomic mass is 16.6. The van der Waals surface area contributed by atoms with E-state index in [-0.39, 0.29) is 11.4 Å². The van der Waals surface area contributed by atoms with Gasteiger partial charge in [0.2, 0.25) is 0 Å². The number of nitro groups is 1. The van der Waals surface area contributed by atoms with Crippen LogP contribution in [0.4, 0.5) is 0 Å². The summed E-state index contributed by atoms with van der Waals surface area (Å²) in [5.41, 5.74) is 0.230. The topological polar surface area (TPSA) is 55.5 Å². The number of hydrogen-bond donors (Lipinski definition) is 0. The highest BCUT2D eigenvalue weighted by Gasteiger charge is 2.09. The molecule has 0 unspecified atom stereocenters. The van der Waals surface area contributed by atoms with Crippen molar-refractivity contribution in [2.75, 3.05) is 0 Å². The Morgan fingerprint density at radius 2 is 2.08 bits per heavy atom. The van der Waals surface area contributed by atoms with Gasteiger partial charge in [0, 0.05) is 0 Å². The van der Waals surface area contributed by atoms with Crippen LogP contribution in [-0.4, -0.2) is 11.1 Å². The van der Waals surface area contributed by atoms with E-state index in [0.29, 0.717) is 0 Å². The molecule has 0 aromatic rings. The Balaban J connectivity index is 0. The van der Waals surface area contributed by atoms with E-state index in [1.54, 1.807) is 6.92 Å². The van der Waals surface area contributed by atoms with Crippen LogP contribution in [0.1, 0.15) is 27.7 Å². The Morgan fingerprint density at radius 1 is 1.62 bits per heavy atom. The molecule has 0 bridgehead atoms. The second-order valence-electron chi connectivity index (χ2n) is 1.74. The summed E-state index contributed by atoms with van der Waals surface area (Å²) in [5, 5.41) is 10.2. The number of terminal acetylenes is 1. The summed E-state index contributed by atoms with van der Waals surface area (Å²) >= 11 is 0. The molecule has 0 N–H and O–H groups in total. The maximum absolute atomic E-state index is 10.2. The van der Waals surface area contributed by atoms with Crippen molar-refractivity contribution >= 4 is 6.21 Å². The van der Waals surface area contributed by atoms with Crippen LogP contribution in [0, 0.1) is 22.5 Å². The summed E-state index contributed by atoms with van der Waals surface area (Å²) < 4.78 is 0. The lowest BCUT2D eigenvalue weighted by Gasteiger charge is -1.92. The van der Waals surface area contributed by atoms with Gasteiger partial charge in [-0.2, -0.15) is 0 Å². The molecule has 0 aliphatic rings. The van der Waals surface area contributed by atoms with Crippen molar-refractivity contribution in [1.82, 2.24) is 0 Å². The third-order valence-corrected chi connectivity index (χ3v) is 0.976. The molecule has 0 atom stereocenters. The van der Waals surface area contributed by atoms with Crippen LogP contribution in [0.5, 0.6) is 0 Å². The van der Waals surface area contributed by atoms with E-state index in [0.717, 1.165) is 0 Å². The van der Waals surface area contributed by atoms with Crippen LogP contribution in [0.2, 0.25) is 0 Å². The molecular weight excluding hydrogens is 168 g/mol. The maximum Gasteiger partial charge on any atom is 0.374 e. The normalized spacial score (nSPS) is 11.0. The summed E-state index contributed by atoms with van der Waals surface area (Å²) in [6, 6.07) is 0. The van der Waals surface area contributed by atoms with E-state index in [1.807, 2.05) is 13.8 Å². The SMILES string of the molecule is C#C/C(C)=C(/N=C\C)[N+](=O)[O-].CC. The third-order valence-electron chi connectivity index (χ3n) is 0.976. The van der Waals surface area contributed by atoms with Crippen molar-refractivity contribution in [3.05, 3.63) is 21.5 Å². The van der Waals surface area contributed by atoms with Gasteiger partial charge in [-0.15, -0.1) is 6.42 Å². The maximum atomic E-state index is 10.2. The van der Waals surface area contributed by atoms with Gasteiger partial charge in [-0.1, -0.05) is 24.8 Å². The fourth-order valence-corrected chi connectivity index (χ4v) is 0.468. The highest BCUT2D eigenvalue weighted by Crippen LogP contribution is 2.04. The van der Waals surface area contributed by atoms with Gasteiger partial charge in [-0.05, 0) is 18.8 Å². The zero-order valence-electron chi connectivity index (χ0n) is 8.37. The van der Waals surface area contributed by atoms with Crippen LogP contribution in [-0.2, 0) is 0 Å². The Labute approximate surface area is 78.5 Å². The molecule has 13 heavy (non-hydrogen) atoms. The van der Waals surface area contributed by atoms with Crippen LogP contribution in [0.25, 0.3) is 0 Å². The lowest BCUT2D eigenvalue weighted by atomic mass is 10.3. The van der Waals surface area contributed by atoms with Gasteiger partial charge in [0.15, 0.2) is 0 Å². The standard InChI is InChI=1S/C7H8N2O2.C2H6/c1-4-6(3)7(8-5-2)9(10)11;1-2/h1,5H,2-3H3;1-2H3/b7-6-,8-5-;. The summed E-state index contributed by atoms with van der Waals surface area (Å²) in [6.45, 7) is 7.07. The number of nitrogens with zero attached hydrogens (tertiary/aromatic N) is 2. The van der Waals surface area contributed by atoms with Crippen molar-refractivity contribution in [2.45, 2.75) is 27.7 Å². The Hall–Kier alpha value is -1.63. The van der Waals surface area contributed by atoms with Gasteiger partial charge < -0.3 is 10.1 Å².